The van der Waals surface area contributed by atoms with E-state index in [0.29, 0.717) is 37.6 Å². The minimum atomic E-state index is -0.941. The summed E-state index contributed by atoms with van der Waals surface area (Å²) >= 11 is 0. The quantitative estimate of drug-likeness (QED) is 0.578. The Hall–Kier alpha value is -3.46. The van der Waals surface area contributed by atoms with E-state index in [4.69, 9.17) is 9.84 Å². The van der Waals surface area contributed by atoms with Gasteiger partial charge < -0.3 is 20.1 Å². The second kappa shape index (κ2) is 8.49. The molecule has 0 spiro atoms. The van der Waals surface area contributed by atoms with Crippen LogP contribution in [0.15, 0.2) is 42.5 Å². The van der Waals surface area contributed by atoms with Crippen LogP contribution in [0.2, 0.25) is 0 Å². The highest BCUT2D eigenvalue weighted by Gasteiger charge is 2.27. The molecule has 1 aliphatic heterocycles. The van der Waals surface area contributed by atoms with Crippen molar-refractivity contribution in [2.24, 2.45) is 0 Å². The van der Waals surface area contributed by atoms with Gasteiger partial charge in [0.2, 0.25) is 0 Å². The van der Waals surface area contributed by atoms with E-state index in [9.17, 15) is 19.7 Å². The summed E-state index contributed by atoms with van der Waals surface area (Å²) in [4.78, 5) is 36.4. The Balaban J connectivity index is 1.87. The number of hydrogen-bond donors (Lipinski definition) is 2. The number of nitro benzene ring substituents is 1. The molecule has 1 fully saturated rings. The zero-order valence-corrected chi connectivity index (χ0v) is 15.0. The molecule has 3 rings (SSSR count). The fourth-order valence-electron chi connectivity index (χ4n) is 3.06. The second-order valence-corrected chi connectivity index (χ2v) is 6.25. The van der Waals surface area contributed by atoms with E-state index in [2.05, 4.69) is 5.32 Å². The number of ether oxygens (including phenoxy) is 1. The van der Waals surface area contributed by atoms with Crippen LogP contribution in [0.25, 0.3) is 0 Å². The first-order chi connectivity index (χ1) is 13.5. The molecule has 0 radical (unpaired) electrons. The number of nitrogens with zero attached hydrogens (tertiary/aromatic N) is 2. The van der Waals surface area contributed by atoms with Crippen molar-refractivity contribution < 1.29 is 24.4 Å². The number of rotatable bonds is 6. The number of carbonyl (C=O) groups is 2. The van der Waals surface area contributed by atoms with Crippen LogP contribution < -0.4 is 10.2 Å². The van der Waals surface area contributed by atoms with Gasteiger partial charge in [0.05, 0.1) is 30.1 Å². The van der Waals surface area contributed by atoms with Crippen molar-refractivity contribution in [1.82, 2.24) is 0 Å². The molecule has 1 aliphatic rings. The van der Waals surface area contributed by atoms with Crippen LogP contribution in [0.5, 0.6) is 0 Å². The third-order valence-electron chi connectivity index (χ3n) is 4.35. The zero-order chi connectivity index (χ0) is 20.1. The van der Waals surface area contributed by atoms with Crippen LogP contribution in [-0.4, -0.2) is 48.2 Å². The molecular weight excluding hydrogens is 366 g/mol. The van der Waals surface area contributed by atoms with Crippen molar-refractivity contribution in [3.63, 3.8) is 0 Å². The average molecular weight is 385 g/mol. The third-order valence-corrected chi connectivity index (χ3v) is 4.35. The summed E-state index contributed by atoms with van der Waals surface area (Å²) < 4.78 is 5.30. The lowest BCUT2D eigenvalue weighted by molar-refractivity contribution is -0.384. The average Bonchev–Trinajstić information content (AvgIpc) is 2.69. The van der Waals surface area contributed by atoms with Crippen LogP contribution >= 0.6 is 0 Å². The van der Waals surface area contributed by atoms with Gasteiger partial charge in [-0.1, -0.05) is 18.2 Å². The molecular formula is C19H19N3O6. The number of hydrogen-bond acceptors (Lipinski definition) is 6. The number of morpholine rings is 1. The van der Waals surface area contributed by atoms with Crippen LogP contribution in [0, 0.1) is 10.1 Å². The summed E-state index contributed by atoms with van der Waals surface area (Å²) in [7, 11) is 0. The van der Waals surface area contributed by atoms with Crippen LogP contribution in [-0.2, 0) is 16.0 Å². The number of anilines is 2. The Morgan fingerprint density at radius 3 is 2.43 bits per heavy atom. The molecule has 146 valence electrons. The predicted molar refractivity (Wildman–Crippen MR) is 102 cm³/mol. The van der Waals surface area contributed by atoms with E-state index >= 15 is 0 Å². The highest BCUT2D eigenvalue weighted by Crippen LogP contribution is 2.33. The molecule has 0 saturated carbocycles. The third kappa shape index (κ3) is 4.44. The number of carbonyl (C=O) groups excluding carboxylic acids is 1. The van der Waals surface area contributed by atoms with Gasteiger partial charge in [0, 0.05) is 24.8 Å². The van der Waals surface area contributed by atoms with Gasteiger partial charge in [-0.15, -0.1) is 0 Å². The van der Waals surface area contributed by atoms with Crippen molar-refractivity contribution in [2.45, 2.75) is 6.42 Å². The number of amides is 1. The highest BCUT2D eigenvalue weighted by atomic mass is 16.6. The predicted octanol–water partition coefficient (Wildman–Crippen LogP) is 2.31. The summed E-state index contributed by atoms with van der Waals surface area (Å²) in [6.07, 6.45) is -0.111. The van der Waals surface area contributed by atoms with Crippen molar-refractivity contribution >= 4 is 28.9 Å². The standard InChI is InChI=1S/C19H19N3O6/c23-17(24)12-13-4-6-14(7-5-13)20-19(25)15-2-1-3-16(22(26)27)18(15)21-8-10-28-11-9-21/h1-7H,8-12H2,(H,20,25)(H,23,24). The summed E-state index contributed by atoms with van der Waals surface area (Å²) in [5.41, 5.74) is 1.42. The summed E-state index contributed by atoms with van der Waals surface area (Å²) in [6, 6.07) is 10.8. The van der Waals surface area contributed by atoms with Crippen molar-refractivity contribution in [2.75, 3.05) is 36.5 Å². The van der Waals surface area contributed by atoms with Crippen LogP contribution in [0.4, 0.5) is 17.1 Å². The van der Waals surface area contributed by atoms with Gasteiger partial charge in [-0.2, -0.15) is 0 Å². The molecule has 0 aliphatic carbocycles. The lowest BCUT2D eigenvalue weighted by Gasteiger charge is -2.29. The Kier molecular flexibility index (Phi) is 5.85. The Labute approximate surface area is 160 Å². The van der Waals surface area contributed by atoms with E-state index in [1.165, 1.54) is 12.1 Å². The first-order valence-electron chi connectivity index (χ1n) is 8.68. The van der Waals surface area contributed by atoms with Gasteiger partial charge in [0.25, 0.3) is 11.6 Å². The van der Waals surface area contributed by atoms with Crippen molar-refractivity contribution in [3.05, 3.63) is 63.7 Å². The van der Waals surface area contributed by atoms with Crippen molar-refractivity contribution in [3.8, 4) is 0 Å². The summed E-state index contributed by atoms with van der Waals surface area (Å²) in [5.74, 6) is -1.42. The number of carboxylic acids is 1. The summed E-state index contributed by atoms with van der Waals surface area (Å²) in [6.45, 7) is 1.76. The molecule has 28 heavy (non-hydrogen) atoms. The Morgan fingerprint density at radius 1 is 1.14 bits per heavy atom. The smallest absolute Gasteiger partial charge is 0.307 e. The molecule has 0 atom stereocenters. The fourth-order valence-corrected chi connectivity index (χ4v) is 3.06. The molecule has 1 amide bonds. The van der Waals surface area contributed by atoms with E-state index in [1.807, 2.05) is 0 Å². The summed E-state index contributed by atoms with van der Waals surface area (Å²) in [5, 5.41) is 23.0. The van der Waals surface area contributed by atoms with E-state index in [1.54, 1.807) is 35.2 Å². The van der Waals surface area contributed by atoms with Gasteiger partial charge in [-0.05, 0) is 23.8 Å². The van der Waals surface area contributed by atoms with E-state index in [0.717, 1.165) is 0 Å². The molecule has 1 heterocycles. The molecule has 1 saturated heterocycles. The lowest BCUT2D eigenvalue weighted by Crippen LogP contribution is -2.37. The van der Waals surface area contributed by atoms with Gasteiger partial charge in [-0.3, -0.25) is 19.7 Å². The van der Waals surface area contributed by atoms with Gasteiger partial charge in [0.1, 0.15) is 5.69 Å². The molecule has 0 aromatic heterocycles. The van der Waals surface area contributed by atoms with Gasteiger partial charge >= 0.3 is 5.97 Å². The van der Waals surface area contributed by atoms with E-state index in [-0.39, 0.29) is 23.4 Å². The maximum absolute atomic E-state index is 12.8. The van der Waals surface area contributed by atoms with Gasteiger partial charge in [-0.25, -0.2) is 0 Å². The molecule has 2 aromatic rings. The zero-order valence-electron chi connectivity index (χ0n) is 15.0. The van der Waals surface area contributed by atoms with Gasteiger partial charge in [0.15, 0.2) is 0 Å². The number of benzene rings is 2. The molecule has 9 heteroatoms. The number of para-hydroxylation sites is 1. The fraction of sp³-hybridized carbons (Fsp3) is 0.263. The number of nitrogens with one attached hydrogen (secondary N) is 1. The molecule has 9 nitrogen and oxygen atoms in total. The normalized spacial score (nSPS) is 13.8. The number of aliphatic carboxylic acids is 1. The minimum absolute atomic E-state index is 0.111. The van der Waals surface area contributed by atoms with Crippen LogP contribution in [0.3, 0.4) is 0 Å². The first-order valence-corrected chi connectivity index (χ1v) is 8.68. The first kappa shape index (κ1) is 19.3. The Morgan fingerprint density at radius 2 is 1.82 bits per heavy atom. The van der Waals surface area contributed by atoms with Crippen LogP contribution in [0.1, 0.15) is 15.9 Å². The van der Waals surface area contributed by atoms with Crippen molar-refractivity contribution in [1.29, 1.82) is 0 Å². The number of nitro groups is 1. The molecule has 2 N–H and O–H groups in total. The monoisotopic (exact) mass is 385 g/mol. The second-order valence-electron chi connectivity index (χ2n) is 6.25. The van der Waals surface area contributed by atoms with E-state index < -0.39 is 16.8 Å². The lowest BCUT2D eigenvalue weighted by atomic mass is 10.1. The Bertz CT molecular complexity index is 891. The maximum Gasteiger partial charge on any atom is 0.307 e. The highest BCUT2D eigenvalue weighted by molar-refractivity contribution is 6.09. The molecule has 0 bridgehead atoms. The SMILES string of the molecule is O=C(O)Cc1ccc(NC(=O)c2cccc([N+](=O)[O-])c2N2CCOCC2)cc1. The topological polar surface area (TPSA) is 122 Å². The molecule has 0 unspecified atom stereocenters. The minimum Gasteiger partial charge on any atom is -0.481 e. The largest absolute Gasteiger partial charge is 0.481 e. The maximum atomic E-state index is 12.8. The molecule has 2 aromatic carbocycles. The number of carboxylic acid groups (broad SMARTS) is 1.